The predicted molar refractivity (Wildman–Crippen MR) is 55.6 cm³/mol. The monoisotopic (exact) mass is 207 g/mol. The highest BCUT2D eigenvalue weighted by Crippen LogP contribution is 2.29. The van der Waals surface area contributed by atoms with Crippen LogP contribution in [0.2, 0.25) is 0 Å². The van der Waals surface area contributed by atoms with Gasteiger partial charge in [0.2, 0.25) is 0 Å². The van der Waals surface area contributed by atoms with Crippen LogP contribution in [0.15, 0.2) is 24.5 Å². The molecular weight excluding hydrogens is 198 g/mol. The van der Waals surface area contributed by atoms with Crippen molar-refractivity contribution in [1.82, 2.24) is 9.36 Å². The van der Waals surface area contributed by atoms with Crippen LogP contribution in [0.1, 0.15) is 5.56 Å². The Morgan fingerprint density at radius 1 is 1.43 bits per heavy atom. The Morgan fingerprint density at radius 3 is 3.00 bits per heavy atom. The quantitative estimate of drug-likeness (QED) is 0.767. The third kappa shape index (κ3) is 1.67. The molecule has 0 aliphatic carbocycles. The van der Waals surface area contributed by atoms with E-state index in [2.05, 4.69) is 9.36 Å². The van der Waals surface area contributed by atoms with Crippen molar-refractivity contribution in [2.75, 3.05) is 5.73 Å². The molecule has 72 valence electrons. The van der Waals surface area contributed by atoms with Gasteiger partial charge in [-0.1, -0.05) is 12.1 Å². The van der Waals surface area contributed by atoms with E-state index in [1.165, 1.54) is 17.9 Å². The number of nitrogens with zero attached hydrogens (tertiary/aromatic N) is 2. The van der Waals surface area contributed by atoms with Crippen LogP contribution in [0.5, 0.6) is 10.9 Å². The van der Waals surface area contributed by atoms with Gasteiger partial charge in [0.05, 0.1) is 5.69 Å². The number of nitrogen functional groups attached to an aromatic ring is 1. The van der Waals surface area contributed by atoms with Gasteiger partial charge >= 0.3 is 0 Å². The van der Waals surface area contributed by atoms with Crippen LogP contribution in [0.25, 0.3) is 0 Å². The number of ether oxygens (including phenoxy) is 1. The number of anilines is 1. The van der Waals surface area contributed by atoms with Crippen LogP contribution in [0.3, 0.4) is 0 Å². The van der Waals surface area contributed by atoms with Gasteiger partial charge in [0, 0.05) is 11.5 Å². The van der Waals surface area contributed by atoms with Gasteiger partial charge in [-0.3, -0.25) is 0 Å². The molecule has 2 N–H and O–H groups in total. The summed E-state index contributed by atoms with van der Waals surface area (Å²) < 4.78 is 9.29. The Hall–Kier alpha value is -1.62. The maximum absolute atomic E-state index is 5.83. The lowest BCUT2D eigenvalue weighted by Gasteiger charge is -2.06. The first-order valence-corrected chi connectivity index (χ1v) is 4.84. The van der Waals surface area contributed by atoms with Crippen LogP contribution >= 0.6 is 11.5 Å². The van der Waals surface area contributed by atoms with Crippen LogP contribution in [0, 0.1) is 6.92 Å². The van der Waals surface area contributed by atoms with Gasteiger partial charge in [-0.05, 0) is 18.6 Å². The Kier molecular flexibility index (Phi) is 2.32. The molecule has 0 spiro atoms. The summed E-state index contributed by atoms with van der Waals surface area (Å²) in [5.41, 5.74) is 7.46. The summed E-state index contributed by atoms with van der Waals surface area (Å²) in [7, 11) is 0. The lowest BCUT2D eigenvalue weighted by atomic mass is 10.2. The summed E-state index contributed by atoms with van der Waals surface area (Å²) >= 11 is 1.19. The van der Waals surface area contributed by atoms with Gasteiger partial charge in [-0.15, -0.1) is 0 Å². The first-order chi connectivity index (χ1) is 6.77. The van der Waals surface area contributed by atoms with Gasteiger partial charge in [-0.2, -0.15) is 9.36 Å². The maximum atomic E-state index is 5.83. The molecule has 0 atom stereocenters. The van der Waals surface area contributed by atoms with Crippen LogP contribution in [-0.2, 0) is 0 Å². The summed E-state index contributed by atoms with van der Waals surface area (Å²) in [5, 5.41) is 0.502. The number of para-hydroxylation sites is 1. The molecule has 5 heteroatoms. The van der Waals surface area contributed by atoms with Crippen molar-refractivity contribution in [3.05, 3.63) is 30.1 Å². The van der Waals surface area contributed by atoms with Crippen molar-refractivity contribution in [2.24, 2.45) is 0 Å². The summed E-state index contributed by atoms with van der Waals surface area (Å²) in [6.07, 6.45) is 1.45. The van der Waals surface area contributed by atoms with Crippen LogP contribution in [0.4, 0.5) is 5.69 Å². The van der Waals surface area contributed by atoms with E-state index >= 15 is 0 Å². The molecule has 2 aromatic rings. The number of aryl methyl sites for hydroxylation is 1. The van der Waals surface area contributed by atoms with E-state index < -0.39 is 0 Å². The van der Waals surface area contributed by atoms with E-state index in [-0.39, 0.29) is 0 Å². The molecule has 0 saturated carbocycles. The Bertz CT molecular complexity index is 428. The summed E-state index contributed by atoms with van der Waals surface area (Å²) in [6.45, 7) is 1.93. The zero-order chi connectivity index (χ0) is 9.97. The number of rotatable bonds is 2. The number of aromatic nitrogens is 2. The van der Waals surface area contributed by atoms with E-state index in [4.69, 9.17) is 10.5 Å². The van der Waals surface area contributed by atoms with Crippen molar-refractivity contribution in [3.8, 4) is 10.9 Å². The normalized spacial score (nSPS) is 10.1. The molecule has 0 amide bonds. The number of nitrogens with two attached hydrogens (primary N) is 1. The Balaban J connectivity index is 2.29. The van der Waals surface area contributed by atoms with Crippen molar-refractivity contribution in [3.63, 3.8) is 0 Å². The number of hydrogen-bond acceptors (Lipinski definition) is 5. The fourth-order valence-corrected chi connectivity index (χ4v) is 1.45. The Labute approximate surface area is 85.5 Å². The average Bonchev–Trinajstić information content (AvgIpc) is 2.66. The molecule has 0 radical (unpaired) electrons. The van der Waals surface area contributed by atoms with Crippen molar-refractivity contribution >= 4 is 17.2 Å². The molecule has 14 heavy (non-hydrogen) atoms. The molecule has 0 aliphatic heterocycles. The van der Waals surface area contributed by atoms with Crippen molar-refractivity contribution in [1.29, 1.82) is 0 Å². The fraction of sp³-hybridized carbons (Fsp3) is 0.111. The van der Waals surface area contributed by atoms with E-state index in [1.54, 1.807) is 0 Å². The topological polar surface area (TPSA) is 61.0 Å². The van der Waals surface area contributed by atoms with Gasteiger partial charge in [0.1, 0.15) is 6.33 Å². The highest BCUT2D eigenvalue weighted by molar-refractivity contribution is 7.07. The zero-order valence-electron chi connectivity index (χ0n) is 7.60. The average molecular weight is 207 g/mol. The highest BCUT2D eigenvalue weighted by atomic mass is 32.1. The third-order valence-corrected chi connectivity index (χ3v) is 2.37. The van der Waals surface area contributed by atoms with E-state index in [0.29, 0.717) is 16.6 Å². The molecule has 0 fully saturated rings. The SMILES string of the molecule is Cc1cccc(Oc2ncns2)c1N. The standard InChI is InChI=1S/C9H9N3OS/c1-6-3-2-4-7(8(6)10)13-9-11-5-12-14-9/h2-5H,10H2,1H3. The van der Waals surface area contributed by atoms with Gasteiger partial charge in [-0.25, -0.2) is 0 Å². The first kappa shape index (κ1) is 8.96. The largest absolute Gasteiger partial charge is 0.428 e. The van der Waals surface area contributed by atoms with Gasteiger partial charge < -0.3 is 10.5 Å². The summed E-state index contributed by atoms with van der Waals surface area (Å²) in [5.74, 6) is 0.627. The highest BCUT2D eigenvalue weighted by Gasteiger charge is 2.05. The van der Waals surface area contributed by atoms with Gasteiger partial charge in [0.15, 0.2) is 5.75 Å². The van der Waals surface area contributed by atoms with Crippen molar-refractivity contribution in [2.45, 2.75) is 6.92 Å². The predicted octanol–water partition coefficient (Wildman–Crippen LogP) is 2.22. The maximum Gasteiger partial charge on any atom is 0.298 e. The van der Waals surface area contributed by atoms with Crippen molar-refractivity contribution < 1.29 is 4.74 Å². The smallest absolute Gasteiger partial charge is 0.298 e. The summed E-state index contributed by atoms with van der Waals surface area (Å²) in [4.78, 5) is 3.91. The van der Waals surface area contributed by atoms with Gasteiger partial charge in [0.25, 0.3) is 5.19 Å². The van der Waals surface area contributed by atoms with Crippen LogP contribution < -0.4 is 10.5 Å². The second kappa shape index (κ2) is 3.63. The molecule has 0 aliphatic rings. The van der Waals surface area contributed by atoms with E-state index in [9.17, 15) is 0 Å². The lowest BCUT2D eigenvalue weighted by Crippen LogP contribution is -1.94. The minimum atomic E-state index is 0.502. The second-order valence-electron chi connectivity index (χ2n) is 2.80. The minimum absolute atomic E-state index is 0.502. The zero-order valence-corrected chi connectivity index (χ0v) is 8.41. The first-order valence-electron chi connectivity index (χ1n) is 4.07. The molecule has 1 aromatic heterocycles. The molecule has 1 heterocycles. The molecule has 1 aromatic carbocycles. The van der Waals surface area contributed by atoms with Crippen LogP contribution in [-0.4, -0.2) is 9.36 Å². The van der Waals surface area contributed by atoms with E-state index in [1.807, 2.05) is 25.1 Å². The second-order valence-corrected chi connectivity index (χ2v) is 3.54. The minimum Gasteiger partial charge on any atom is -0.428 e. The molecule has 0 saturated heterocycles. The van der Waals surface area contributed by atoms with E-state index in [0.717, 1.165) is 5.56 Å². The molecule has 2 rings (SSSR count). The molecular formula is C9H9N3OS. The molecule has 0 bridgehead atoms. The Morgan fingerprint density at radius 2 is 2.29 bits per heavy atom. The fourth-order valence-electron chi connectivity index (χ4n) is 1.04. The lowest BCUT2D eigenvalue weighted by molar-refractivity contribution is 0.481. The third-order valence-electron chi connectivity index (χ3n) is 1.82. The molecule has 0 unspecified atom stereocenters. The number of benzene rings is 1. The number of hydrogen-bond donors (Lipinski definition) is 1. The molecule has 4 nitrogen and oxygen atoms in total. The summed E-state index contributed by atoms with van der Waals surface area (Å²) in [6, 6.07) is 5.63.